The van der Waals surface area contributed by atoms with Gasteiger partial charge in [-0.15, -0.1) is 25.3 Å². The van der Waals surface area contributed by atoms with Gasteiger partial charge in [-0.3, -0.25) is 0 Å². The summed E-state index contributed by atoms with van der Waals surface area (Å²) in [5.41, 5.74) is 2.37. The zero-order valence-corrected chi connectivity index (χ0v) is 26.8. The van der Waals surface area contributed by atoms with Crippen molar-refractivity contribution in [1.29, 1.82) is 0 Å². The van der Waals surface area contributed by atoms with E-state index in [2.05, 4.69) is 146 Å². The molecule has 45 heavy (non-hydrogen) atoms. The van der Waals surface area contributed by atoms with Crippen LogP contribution >= 0.6 is 37.0 Å². The average Bonchev–Trinajstić information content (AvgIpc) is 3.07. The Morgan fingerprint density at radius 2 is 1.09 bits per heavy atom. The molecule has 0 atom stereocenters. The average molecular weight is 627 g/mol. The van der Waals surface area contributed by atoms with Crippen molar-refractivity contribution in [2.45, 2.75) is 19.6 Å². The SMILES string of the molecule is Sc1cc(-c2ccc3ccc4cccc(S)c4c3c2)c2ccc3ccc(Sc4cccc5c4ccc4ccccc45)cc3c2c1. The van der Waals surface area contributed by atoms with Crippen LogP contribution in [0, 0.1) is 0 Å². The minimum atomic E-state index is 0.955. The third-order valence-electron chi connectivity index (χ3n) is 9.03. The van der Waals surface area contributed by atoms with Crippen molar-refractivity contribution >= 4 is 102 Å². The van der Waals surface area contributed by atoms with Crippen LogP contribution in [0.2, 0.25) is 0 Å². The van der Waals surface area contributed by atoms with Crippen molar-refractivity contribution in [2.75, 3.05) is 0 Å². The fraction of sp³-hybridized carbons (Fsp3) is 0. The van der Waals surface area contributed by atoms with E-state index < -0.39 is 0 Å². The van der Waals surface area contributed by atoms with Gasteiger partial charge in [0.15, 0.2) is 0 Å². The van der Waals surface area contributed by atoms with Gasteiger partial charge in [-0.2, -0.15) is 0 Å². The zero-order valence-electron chi connectivity index (χ0n) is 24.2. The number of benzene rings is 9. The van der Waals surface area contributed by atoms with Gasteiger partial charge >= 0.3 is 0 Å². The summed E-state index contributed by atoms with van der Waals surface area (Å²) >= 11 is 11.6. The second-order valence-electron chi connectivity index (χ2n) is 11.7. The minimum Gasteiger partial charge on any atom is -0.143 e. The normalized spacial score (nSPS) is 11.9. The largest absolute Gasteiger partial charge is 0.143 e. The lowest BCUT2D eigenvalue weighted by atomic mass is 9.92. The Labute approximate surface area is 276 Å². The third-order valence-corrected chi connectivity index (χ3v) is 10.7. The number of thiol groups is 2. The van der Waals surface area contributed by atoms with Crippen molar-refractivity contribution in [2.24, 2.45) is 0 Å². The van der Waals surface area contributed by atoms with Crippen LogP contribution in [0.3, 0.4) is 0 Å². The second kappa shape index (κ2) is 10.6. The Balaban J connectivity index is 1.20. The zero-order chi connectivity index (χ0) is 30.1. The lowest BCUT2D eigenvalue weighted by Crippen LogP contribution is -1.87. The number of rotatable bonds is 3. The predicted molar refractivity (Wildman–Crippen MR) is 202 cm³/mol. The molecule has 0 saturated carbocycles. The molecule has 0 amide bonds. The van der Waals surface area contributed by atoms with Gasteiger partial charge in [-0.05, 0) is 113 Å². The molecule has 0 spiro atoms. The van der Waals surface area contributed by atoms with Gasteiger partial charge in [0.05, 0.1) is 0 Å². The van der Waals surface area contributed by atoms with Crippen molar-refractivity contribution in [1.82, 2.24) is 0 Å². The molecule has 0 heterocycles. The van der Waals surface area contributed by atoms with Gasteiger partial charge in [-0.1, -0.05) is 115 Å². The van der Waals surface area contributed by atoms with Crippen LogP contribution in [-0.2, 0) is 0 Å². The van der Waals surface area contributed by atoms with E-state index in [1.54, 1.807) is 0 Å². The molecule has 0 nitrogen and oxygen atoms in total. The molecule has 0 aliphatic heterocycles. The number of fused-ring (bicyclic) bond motifs is 9. The van der Waals surface area contributed by atoms with Gasteiger partial charge in [0, 0.05) is 25.0 Å². The molecule has 3 heteroatoms. The molecular formula is C42H26S3. The molecule has 0 N–H and O–H groups in total. The molecule has 0 unspecified atom stereocenters. The fourth-order valence-corrected chi connectivity index (χ4v) is 8.51. The van der Waals surface area contributed by atoms with E-state index in [9.17, 15) is 0 Å². The third kappa shape index (κ3) is 4.49. The van der Waals surface area contributed by atoms with E-state index in [4.69, 9.17) is 25.3 Å². The first-order valence-electron chi connectivity index (χ1n) is 15.0. The first-order valence-corrected chi connectivity index (χ1v) is 16.7. The maximum Gasteiger partial charge on any atom is 0.0201 e. The molecule has 9 aromatic rings. The lowest BCUT2D eigenvalue weighted by molar-refractivity contribution is 1.47. The van der Waals surface area contributed by atoms with Crippen LogP contribution in [0.25, 0.3) is 75.8 Å². The highest BCUT2D eigenvalue weighted by Gasteiger charge is 2.13. The summed E-state index contributed by atoms with van der Waals surface area (Å²) in [4.78, 5) is 4.44. The van der Waals surface area contributed by atoms with Gasteiger partial charge in [-0.25, -0.2) is 0 Å². The van der Waals surface area contributed by atoms with E-state index in [0.717, 1.165) is 9.79 Å². The molecule has 212 valence electrons. The number of hydrogen-bond acceptors (Lipinski definition) is 3. The fourth-order valence-electron chi connectivity index (χ4n) is 6.91. The maximum atomic E-state index is 4.91. The second-order valence-corrected chi connectivity index (χ2v) is 13.8. The lowest BCUT2D eigenvalue weighted by Gasteiger charge is -2.14. The minimum absolute atomic E-state index is 0.955. The van der Waals surface area contributed by atoms with Gasteiger partial charge in [0.2, 0.25) is 0 Å². The molecule has 0 bridgehead atoms. The molecule has 0 saturated heterocycles. The molecule has 0 fully saturated rings. The summed E-state index contributed by atoms with van der Waals surface area (Å²) in [7, 11) is 0. The Bertz CT molecular complexity index is 2650. The van der Waals surface area contributed by atoms with Crippen LogP contribution < -0.4 is 0 Å². The van der Waals surface area contributed by atoms with E-state index in [0.29, 0.717) is 0 Å². The molecule has 0 aromatic heterocycles. The van der Waals surface area contributed by atoms with E-state index in [1.165, 1.54) is 85.6 Å². The van der Waals surface area contributed by atoms with E-state index >= 15 is 0 Å². The molecule has 9 rings (SSSR count). The maximum absolute atomic E-state index is 4.91. The van der Waals surface area contributed by atoms with Crippen molar-refractivity contribution in [3.05, 3.63) is 146 Å². The number of hydrogen-bond donors (Lipinski definition) is 2. The Hall–Kier alpha value is -4.41. The van der Waals surface area contributed by atoms with Gasteiger partial charge < -0.3 is 0 Å². The first-order chi connectivity index (χ1) is 22.1. The molecule has 0 aliphatic carbocycles. The highest BCUT2D eigenvalue weighted by atomic mass is 32.2. The molecular weight excluding hydrogens is 601 g/mol. The van der Waals surface area contributed by atoms with Crippen LogP contribution in [0.4, 0.5) is 0 Å². The van der Waals surface area contributed by atoms with E-state index in [1.807, 2.05) is 11.8 Å². The molecule has 0 aliphatic rings. The van der Waals surface area contributed by atoms with Crippen molar-refractivity contribution in [3.8, 4) is 11.1 Å². The summed E-state index contributed by atoms with van der Waals surface area (Å²) in [6.45, 7) is 0. The van der Waals surface area contributed by atoms with Gasteiger partial charge in [0.25, 0.3) is 0 Å². The van der Waals surface area contributed by atoms with Crippen molar-refractivity contribution < 1.29 is 0 Å². The van der Waals surface area contributed by atoms with Crippen LogP contribution in [-0.4, -0.2) is 0 Å². The summed E-state index contributed by atoms with van der Waals surface area (Å²) in [5, 5.41) is 14.9. The Kier molecular flexibility index (Phi) is 6.35. The summed E-state index contributed by atoms with van der Waals surface area (Å²) in [5.74, 6) is 0. The highest BCUT2D eigenvalue weighted by molar-refractivity contribution is 7.99. The van der Waals surface area contributed by atoms with Crippen molar-refractivity contribution in [3.63, 3.8) is 0 Å². The summed E-state index contributed by atoms with van der Waals surface area (Å²) in [6, 6.07) is 53.0. The van der Waals surface area contributed by atoms with Crippen LogP contribution in [0.1, 0.15) is 0 Å². The van der Waals surface area contributed by atoms with Gasteiger partial charge in [0.1, 0.15) is 0 Å². The first kappa shape index (κ1) is 26.9. The standard InChI is InChI=1S/C42H26S3/c43-30-22-36(29-14-12-27-11-13-28-6-3-9-40(44)42(28)38(27)21-29)34-19-16-26-15-18-31(24-37(26)39(34)23-30)45-41-10-4-8-33-32-7-2-1-5-25(32)17-20-35(33)41/h1-24,43-44H. The molecule has 9 aromatic carbocycles. The summed E-state index contributed by atoms with van der Waals surface area (Å²) in [6.07, 6.45) is 0. The Morgan fingerprint density at radius 3 is 2.02 bits per heavy atom. The Morgan fingerprint density at radius 1 is 0.400 bits per heavy atom. The monoisotopic (exact) mass is 626 g/mol. The quantitative estimate of drug-likeness (QED) is 0.145. The topological polar surface area (TPSA) is 0 Å². The smallest absolute Gasteiger partial charge is 0.0201 e. The van der Waals surface area contributed by atoms with Crippen LogP contribution in [0.5, 0.6) is 0 Å². The highest BCUT2D eigenvalue weighted by Crippen LogP contribution is 2.41. The molecule has 0 radical (unpaired) electrons. The van der Waals surface area contributed by atoms with E-state index in [-0.39, 0.29) is 0 Å². The van der Waals surface area contributed by atoms with Crippen LogP contribution in [0.15, 0.2) is 165 Å². The summed E-state index contributed by atoms with van der Waals surface area (Å²) < 4.78 is 0. The predicted octanol–water partition coefficient (Wildman–Crippen LogP) is 13.0.